The number of hydrogen-bond donors (Lipinski definition) is 0. The average Bonchev–Trinajstić information content (AvgIpc) is 2.46. The highest BCUT2D eigenvalue weighted by atomic mass is 32.2. The fourth-order valence-corrected chi connectivity index (χ4v) is 4.01. The molecule has 1 aromatic carbocycles. The summed E-state index contributed by atoms with van der Waals surface area (Å²) < 4.78 is 26.6. The summed E-state index contributed by atoms with van der Waals surface area (Å²) in [5, 5.41) is 0. The van der Waals surface area contributed by atoms with Crippen LogP contribution in [0, 0.1) is 0 Å². The molecule has 0 atom stereocenters. The zero-order valence-corrected chi connectivity index (χ0v) is 12.5. The first-order chi connectivity index (χ1) is 9.59. The SMILES string of the molecule is C=CCN(CC=C)S(=O)(=O)c1ccc2c(c1)CCCC2. The molecule has 0 aromatic heterocycles. The Morgan fingerprint density at radius 1 is 1.05 bits per heavy atom. The van der Waals surface area contributed by atoms with Crippen LogP contribution in [0.4, 0.5) is 0 Å². The summed E-state index contributed by atoms with van der Waals surface area (Å²) in [6, 6.07) is 5.52. The maximum absolute atomic E-state index is 12.6. The van der Waals surface area contributed by atoms with Crippen LogP contribution in [0.1, 0.15) is 24.0 Å². The van der Waals surface area contributed by atoms with Crippen molar-refractivity contribution in [2.24, 2.45) is 0 Å². The molecule has 4 heteroatoms. The Morgan fingerprint density at radius 2 is 1.65 bits per heavy atom. The van der Waals surface area contributed by atoms with Crippen LogP contribution in [0.25, 0.3) is 0 Å². The van der Waals surface area contributed by atoms with E-state index in [1.807, 2.05) is 12.1 Å². The summed E-state index contributed by atoms with van der Waals surface area (Å²) in [7, 11) is -3.47. The van der Waals surface area contributed by atoms with E-state index >= 15 is 0 Å². The third kappa shape index (κ3) is 3.02. The quantitative estimate of drug-likeness (QED) is 0.756. The van der Waals surface area contributed by atoms with E-state index in [-0.39, 0.29) is 0 Å². The molecule has 2 rings (SSSR count). The molecule has 0 saturated heterocycles. The minimum Gasteiger partial charge on any atom is -0.207 e. The number of sulfonamides is 1. The third-order valence-electron chi connectivity index (χ3n) is 3.62. The van der Waals surface area contributed by atoms with E-state index in [0.717, 1.165) is 19.3 Å². The molecule has 0 saturated carbocycles. The Hall–Kier alpha value is -1.39. The summed E-state index contributed by atoms with van der Waals surface area (Å²) in [5.74, 6) is 0. The molecule has 1 aliphatic carbocycles. The Labute approximate surface area is 121 Å². The van der Waals surface area contributed by atoms with Gasteiger partial charge in [-0.15, -0.1) is 13.2 Å². The number of fused-ring (bicyclic) bond motifs is 1. The van der Waals surface area contributed by atoms with Gasteiger partial charge >= 0.3 is 0 Å². The van der Waals surface area contributed by atoms with Crippen LogP contribution in [0.2, 0.25) is 0 Å². The van der Waals surface area contributed by atoms with Crippen molar-refractivity contribution in [1.29, 1.82) is 0 Å². The zero-order valence-electron chi connectivity index (χ0n) is 11.7. The summed E-state index contributed by atoms with van der Waals surface area (Å²) in [5.41, 5.74) is 2.46. The van der Waals surface area contributed by atoms with Gasteiger partial charge in [-0.2, -0.15) is 4.31 Å². The van der Waals surface area contributed by atoms with Gasteiger partial charge < -0.3 is 0 Å². The van der Waals surface area contributed by atoms with Gasteiger partial charge in [0.1, 0.15) is 0 Å². The van der Waals surface area contributed by atoms with Crippen LogP contribution in [0.15, 0.2) is 48.4 Å². The van der Waals surface area contributed by atoms with Crippen LogP contribution in [-0.4, -0.2) is 25.8 Å². The van der Waals surface area contributed by atoms with Crippen molar-refractivity contribution in [2.75, 3.05) is 13.1 Å². The van der Waals surface area contributed by atoms with Gasteiger partial charge in [0.05, 0.1) is 4.90 Å². The molecule has 0 fully saturated rings. The number of rotatable bonds is 6. The van der Waals surface area contributed by atoms with Gasteiger partial charge in [-0.25, -0.2) is 8.42 Å². The van der Waals surface area contributed by atoms with Crippen molar-refractivity contribution >= 4 is 10.0 Å². The van der Waals surface area contributed by atoms with E-state index in [9.17, 15) is 8.42 Å². The minimum absolute atomic E-state index is 0.297. The molecule has 108 valence electrons. The van der Waals surface area contributed by atoms with Gasteiger partial charge in [-0.3, -0.25) is 0 Å². The van der Waals surface area contributed by atoms with Gasteiger partial charge in [0.25, 0.3) is 0 Å². The van der Waals surface area contributed by atoms with Crippen molar-refractivity contribution in [3.05, 3.63) is 54.6 Å². The third-order valence-corrected chi connectivity index (χ3v) is 5.45. The largest absolute Gasteiger partial charge is 0.243 e. The van der Waals surface area contributed by atoms with Gasteiger partial charge in [0.15, 0.2) is 0 Å². The number of aryl methyl sites for hydroxylation is 2. The number of nitrogens with zero attached hydrogens (tertiary/aromatic N) is 1. The molecule has 0 heterocycles. The first-order valence-electron chi connectivity index (χ1n) is 6.93. The second-order valence-corrected chi connectivity index (χ2v) is 6.97. The van der Waals surface area contributed by atoms with Crippen molar-refractivity contribution in [2.45, 2.75) is 30.6 Å². The molecule has 1 aliphatic rings. The average molecular weight is 291 g/mol. The van der Waals surface area contributed by atoms with E-state index in [1.54, 1.807) is 18.2 Å². The number of hydrogen-bond acceptors (Lipinski definition) is 2. The van der Waals surface area contributed by atoms with E-state index in [0.29, 0.717) is 18.0 Å². The van der Waals surface area contributed by atoms with Crippen LogP contribution < -0.4 is 0 Å². The molecule has 0 unspecified atom stereocenters. The normalized spacial score (nSPS) is 14.8. The lowest BCUT2D eigenvalue weighted by Gasteiger charge is -2.21. The fourth-order valence-electron chi connectivity index (χ4n) is 2.58. The molecule has 0 N–H and O–H groups in total. The lowest BCUT2D eigenvalue weighted by molar-refractivity contribution is 0.474. The fraction of sp³-hybridized carbons (Fsp3) is 0.375. The smallest absolute Gasteiger partial charge is 0.207 e. The first kappa shape index (κ1) is 15.0. The van der Waals surface area contributed by atoms with Crippen molar-refractivity contribution in [3.8, 4) is 0 Å². The first-order valence-corrected chi connectivity index (χ1v) is 8.37. The second-order valence-electron chi connectivity index (χ2n) is 5.04. The molecule has 0 spiro atoms. The second kappa shape index (κ2) is 6.37. The lowest BCUT2D eigenvalue weighted by Crippen LogP contribution is -2.31. The highest BCUT2D eigenvalue weighted by molar-refractivity contribution is 7.89. The number of benzene rings is 1. The molecule has 0 aliphatic heterocycles. The maximum Gasteiger partial charge on any atom is 0.243 e. The van der Waals surface area contributed by atoms with Gasteiger partial charge in [-0.05, 0) is 48.9 Å². The molecule has 0 amide bonds. The molecular weight excluding hydrogens is 270 g/mol. The van der Waals surface area contributed by atoms with Crippen LogP contribution >= 0.6 is 0 Å². The lowest BCUT2D eigenvalue weighted by atomic mass is 9.92. The molecule has 1 aromatic rings. The van der Waals surface area contributed by atoms with Crippen LogP contribution in [-0.2, 0) is 22.9 Å². The summed E-state index contributed by atoms with van der Waals surface area (Å²) >= 11 is 0. The molecule has 0 bridgehead atoms. The standard InChI is InChI=1S/C16H21NO2S/c1-3-11-17(12-4-2)20(18,19)16-10-9-14-7-5-6-8-15(14)13-16/h3-4,9-10,13H,1-2,5-8,11-12H2. The van der Waals surface area contributed by atoms with E-state index in [4.69, 9.17) is 0 Å². The Morgan fingerprint density at radius 3 is 2.25 bits per heavy atom. The molecule has 20 heavy (non-hydrogen) atoms. The summed E-state index contributed by atoms with van der Waals surface area (Å²) in [6.45, 7) is 7.83. The van der Waals surface area contributed by atoms with Crippen LogP contribution in [0.3, 0.4) is 0 Å². The minimum atomic E-state index is -3.47. The van der Waals surface area contributed by atoms with E-state index in [1.165, 1.54) is 21.9 Å². The summed E-state index contributed by atoms with van der Waals surface area (Å²) in [4.78, 5) is 0.377. The highest BCUT2D eigenvalue weighted by Crippen LogP contribution is 2.25. The molecule has 3 nitrogen and oxygen atoms in total. The molecule has 0 radical (unpaired) electrons. The summed E-state index contributed by atoms with van der Waals surface area (Å²) in [6.07, 6.45) is 7.55. The van der Waals surface area contributed by atoms with E-state index in [2.05, 4.69) is 13.2 Å². The van der Waals surface area contributed by atoms with Crippen LogP contribution in [0.5, 0.6) is 0 Å². The van der Waals surface area contributed by atoms with Crippen molar-refractivity contribution in [1.82, 2.24) is 4.31 Å². The van der Waals surface area contributed by atoms with Gasteiger partial charge in [0, 0.05) is 13.1 Å². The monoisotopic (exact) mass is 291 g/mol. The Bertz CT molecular complexity index is 595. The van der Waals surface area contributed by atoms with Crippen molar-refractivity contribution in [3.63, 3.8) is 0 Å². The topological polar surface area (TPSA) is 37.4 Å². The zero-order chi connectivity index (χ0) is 14.6. The highest BCUT2D eigenvalue weighted by Gasteiger charge is 2.23. The Balaban J connectivity index is 2.37. The Kier molecular flexibility index (Phi) is 4.78. The van der Waals surface area contributed by atoms with Gasteiger partial charge in [0.2, 0.25) is 10.0 Å². The molecular formula is C16H21NO2S. The predicted molar refractivity (Wildman–Crippen MR) is 82.2 cm³/mol. The maximum atomic E-state index is 12.6. The van der Waals surface area contributed by atoms with Gasteiger partial charge in [-0.1, -0.05) is 18.2 Å². The predicted octanol–water partition coefficient (Wildman–Crippen LogP) is 2.93. The van der Waals surface area contributed by atoms with Crippen molar-refractivity contribution < 1.29 is 8.42 Å². The van der Waals surface area contributed by atoms with E-state index < -0.39 is 10.0 Å².